The molecule has 0 aliphatic rings. The number of hydrogen-bond donors (Lipinski definition) is 2. The van der Waals surface area contributed by atoms with Gasteiger partial charge in [0.05, 0.1) is 18.9 Å². The predicted octanol–water partition coefficient (Wildman–Crippen LogP) is 2.52. The molecule has 2 N–H and O–H groups in total. The number of pyridine rings is 1. The second-order valence-electron chi connectivity index (χ2n) is 5.54. The third-order valence-corrected chi connectivity index (χ3v) is 3.30. The summed E-state index contributed by atoms with van der Waals surface area (Å²) in [5, 5.41) is 7.51. The Morgan fingerprint density at radius 1 is 1.31 bits per heavy atom. The van der Waals surface area contributed by atoms with Gasteiger partial charge in [0.25, 0.3) is 0 Å². The molecule has 0 amide bonds. The standard InChI is InChI=1S/C18H20N4O3S/c1-12(2)21-18(26)22-20-10-13-6-7-15(16(9-13)24-3)25-17(23)14-5-4-8-19-11-14/h4-12H,1-3H3,(H2,21,22,26). The highest BCUT2D eigenvalue weighted by Crippen LogP contribution is 2.28. The number of aromatic nitrogens is 1. The molecule has 136 valence electrons. The smallest absolute Gasteiger partial charge is 0.345 e. The first-order valence-corrected chi connectivity index (χ1v) is 8.30. The highest BCUT2D eigenvalue weighted by atomic mass is 32.1. The molecule has 1 aromatic carbocycles. The van der Waals surface area contributed by atoms with Crippen LogP contribution in [0.15, 0.2) is 47.8 Å². The number of hydrogen-bond acceptors (Lipinski definition) is 6. The van der Waals surface area contributed by atoms with E-state index >= 15 is 0 Å². The highest BCUT2D eigenvalue weighted by molar-refractivity contribution is 7.80. The number of hydrazone groups is 1. The van der Waals surface area contributed by atoms with Crippen LogP contribution in [-0.2, 0) is 0 Å². The van der Waals surface area contributed by atoms with E-state index < -0.39 is 5.97 Å². The number of nitrogens with zero attached hydrogens (tertiary/aromatic N) is 2. The van der Waals surface area contributed by atoms with Crippen molar-refractivity contribution in [1.29, 1.82) is 0 Å². The Kier molecular flexibility index (Phi) is 7.04. The van der Waals surface area contributed by atoms with Crippen molar-refractivity contribution in [3.63, 3.8) is 0 Å². The van der Waals surface area contributed by atoms with Gasteiger partial charge in [-0.05, 0) is 62.0 Å². The summed E-state index contributed by atoms with van der Waals surface area (Å²) >= 11 is 5.09. The summed E-state index contributed by atoms with van der Waals surface area (Å²) in [6, 6.07) is 8.61. The van der Waals surface area contributed by atoms with Gasteiger partial charge in [0.15, 0.2) is 16.6 Å². The Labute approximate surface area is 157 Å². The van der Waals surface area contributed by atoms with Gasteiger partial charge in [0.2, 0.25) is 0 Å². The minimum Gasteiger partial charge on any atom is -0.493 e. The van der Waals surface area contributed by atoms with Crippen molar-refractivity contribution >= 4 is 29.5 Å². The summed E-state index contributed by atoms with van der Waals surface area (Å²) in [5.74, 6) is 0.210. The van der Waals surface area contributed by atoms with Crippen LogP contribution in [0.2, 0.25) is 0 Å². The van der Waals surface area contributed by atoms with Gasteiger partial charge in [-0.25, -0.2) is 4.79 Å². The van der Waals surface area contributed by atoms with E-state index in [0.29, 0.717) is 22.2 Å². The zero-order chi connectivity index (χ0) is 18.9. The zero-order valence-electron chi connectivity index (χ0n) is 14.7. The molecule has 0 fully saturated rings. The number of methoxy groups -OCH3 is 1. The largest absolute Gasteiger partial charge is 0.493 e. The summed E-state index contributed by atoms with van der Waals surface area (Å²) in [6.07, 6.45) is 4.61. The molecule has 1 aromatic heterocycles. The van der Waals surface area contributed by atoms with Crippen LogP contribution in [0.25, 0.3) is 0 Å². The molecular formula is C18H20N4O3S. The summed E-state index contributed by atoms with van der Waals surface area (Å²) in [4.78, 5) is 16.0. The second kappa shape index (κ2) is 9.47. The van der Waals surface area contributed by atoms with Gasteiger partial charge < -0.3 is 14.8 Å². The van der Waals surface area contributed by atoms with E-state index in [-0.39, 0.29) is 6.04 Å². The number of ether oxygens (including phenoxy) is 2. The fourth-order valence-corrected chi connectivity index (χ4v) is 2.24. The normalized spacial score (nSPS) is 10.6. The molecule has 0 atom stereocenters. The van der Waals surface area contributed by atoms with Crippen LogP contribution in [0, 0.1) is 0 Å². The van der Waals surface area contributed by atoms with Gasteiger partial charge in [-0.1, -0.05) is 0 Å². The van der Waals surface area contributed by atoms with Crippen LogP contribution in [0.3, 0.4) is 0 Å². The Morgan fingerprint density at radius 2 is 2.12 bits per heavy atom. The predicted molar refractivity (Wildman–Crippen MR) is 104 cm³/mol. The number of carbonyl (C=O) groups is 1. The zero-order valence-corrected chi connectivity index (χ0v) is 15.5. The van der Waals surface area contributed by atoms with Crippen molar-refractivity contribution in [3.8, 4) is 11.5 Å². The summed E-state index contributed by atoms with van der Waals surface area (Å²) in [7, 11) is 1.50. The molecule has 0 radical (unpaired) electrons. The van der Waals surface area contributed by atoms with Crippen molar-refractivity contribution in [3.05, 3.63) is 53.9 Å². The monoisotopic (exact) mass is 372 g/mol. The summed E-state index contributed by atoms with van der Waals surface area (Å²) in [6.45, 7) is 3.96. The number of esters is 1. The molecule has 2 rings (SSSR count). The average Bonchev–Trinajstić information content (AvgIpc) is 2.62. The van der Waals surface area contributed by atoms with E-state index in [1.165, 1.54) is 13.3 Å². The van der Waals surface area contributed by atoms with E-state index in [1.54, 1.807) is 42.7 Å². The number of thiocarbonyl (C=S) groups is 1. The van der Waals surface area contributed by atoms with Gasteiger partial charge in [-0.3, -0.25) is 10.4 Å². The van der Waals surface area contributed by atoms with E-state index in [2.05, 4.69) is 20.8 Å². The van der Waals surface area contributed by atoms with Gasteiger partial charge in [0.1, 0.15) is 0 Å². The van der Waals surface area contributed by atoms with Crippen molar-refractivity contribution < 1.29 is 14.3 Å². The fraction of sp³-hybridized carbons (Fsp3) is 0.222. The maximum absolute atomic E-state index is 12.1. The molecule has 1 heterocycles. The average molecular weight is 372 g/mol. The number of carbonyl (C=O) groups excluding carboxylic acids is 1. The number of nitrogens with one attached hydrogen (secondary N) is 2. The molecule has 7 nitrogen and oxygen atoms in total. The molecule has 26 heavy (non-hydrogen) atoms. The maximum Gasteiger partial charge on any atom is 0.345 e. The molecule has 0 saturated carbocycles. The van der Waals surface area contributed by atoms with Gasteiger partial charge in [-0.2, -0.15) is 5.10 Å². The van der Waals surface area contributed by atoms with E-state index in [0.717, 1.165) is 5.56 Å². The first-order valence-electron chi connectivity index (χ1n) is 7.89. The van der Waals surface area contributed by atoms with E-state index in [4.69, 9.17) is 21.7 Å². The maximum atomic E-state index is 12.1. The lowest BCUT2D eigenvalue weighted by Gasteiger charge is -2.10. The van der Waals surface area contributed by atoms with Crippen LogP contribution in [0.1, 0.15) is 29.8 Å². The van der Waals surface area contributed by atoms with Crippen LogP contribution < -0.4 is 20.2 Å². The van der Waals surface area contributed by atoms with Crippen molar-refractivity contribution in [1.82, 2.24) is 15.7 Å². The molecule has 8 heteroatoms. The Balaban J connectivity index is 2.05. The summed E-state index contributed by atoms with van der Waals surface area (Å²) < 4.78 is 10.7. The van der Waals surface area contributed by atoms with Crippen molar-refractivity contribution in [2.45, 2.75) is 19.9 Å². The molecular weight excluding hydrogens is 352 g/mol. The second-order valence-corrected chi connectivity index (χ2v) is 5.95. The molecule has 0 saturated heterocycles. The van der Waals surface area contributed by atoms with Crippen LogP contribution in [-0.4, -0.2) is 35.4 Å². The first kappa shape index (κ1) is 19.3. The number of rotatable bonds is 6. The number of benzene rings is 1. The molecule has 0 aliphatic heterocycles. The quantitative estimate of drug-likeness (QED) is 0.265. The van der Waals surface area contributed by atoms with Crippen LogP contribution in [0.5, 0.6) is 11.5 Å². The van der Waals surface area contributed by atoms with Gasteiger partial charge in [-0.15, -0.1) is 0 Å². The van der Waals surface area contributed by atoms with Crippen LogP contribution in [0.4, 0.5) is 0 Å². The Hall–Kier alpha value is -3.00. The van der Waals surface area contributed by atoms with E-state index in [1.807, 2.05) is 13.8 Å². The topological polar surface area (TPSA) is 84.8 Å². The van der Waals surface area contributed by atoms with Crippen molar-refractivity contribution in [2.75, 3.05) is 7.11 Å². The van der Waals surface area contributed by atoms with Crippen molar-refractivity contribution in [2.24, 2.45) is 5.10 Å². The molecule has 2 aromatic rings. The Morgan fingerprint density at radius 3 is 2.77 bits per heavy atom. The lowest BCUT2D eigenvalue weighted by Crippen LogP contribution is -2.36. The molecule has 0 aliphatic carbocycles. The van der Waals surface area contributed by atoms with Crippen LogP contribution >= 0.6 is 12.2 Å². The lowest BCUT2D eigenvalue weighted by molar-refractivity contribution is 0.0729. The first-order chi connectivity index (χ1) is 12.5. The van der Waals surface area contributed by atoms with Gasteiger partial charge in [0, 0.05) is 18.4 Å². The Bertz CT molecular complexity index is 794. The SMILES string of the molecule is COc1cc(C=NNC(=S)NC(C)C)ccc1OC(=O)c1cccnc1. The lowest BCUT2D eigenvalue weighted by atomic mass is 10.2. The van der Waals surface area contributed by atoms with E-state index in [9.17, 15) is 4.79 Å². The highest BCUT2D eigenvalue weighted by Gasteiger charge is 2.12. The molecule has 0 bridgehead atoms. The third-order valence-electron chi connectivity index (χ3n) is 3.09. The molecule has 0 spiro atoms. The third kappa shape index (κ3) is 5.82. The molecule has 0 unspecified atom stereocenters. The minimum atomic E-state index is -0.510. The van der Waals surface area contributed by atoms with Gasteiger partial charge >= 0.3 is 5.97 Å². The minimum absolute atomic E-state index is 0.221. The fourth-order valence-electron chi connectivity index (χ4n) is 1.95. The summed E-state index contributed by atoms with van der Waals surface area (Å²) in [5.41, 5.74) is 3.83.